The van der Waals surface area contributed by atoms with Gasteiger partial charge in [0.2, 0.25) is 0 Å². The lowest BCUT2D eigenvalue weighted by Gasteiger charge is -2.36. The van der Waals surface area contributed by atoms with Crippen LogP contribution < -0.4 is 0 Å². The summed E-state index contributed by atoms with van der Waals surface area (Å²) in [6.45, 7) is 1.89. The van der Waals surface area contributed by atoms with E-state index < -0.39 is 24.0 Å². The number of hydrogen-bond donors (Lipinski definition) is 2. The SMILES string of the molecule is C[C@H](O)C1=C[C@]2(C=C[C@H]3C[C@H](O)OC[C@H]32)OC1=O. The molecule has 5 nitrogen and oxygen atoms in total. The van der Waals surface area contributed by atoms with E-state index in [2.05, 4.69) is 0 Å². The van der Waals surface area contributed by atoms with Gasteiger partial charge in [0, 0.05) is 12.3 Å². The van der Waals surface area contributed by atoms with E-state index in [0.717, 1.165) is 0 Å². The van der Waals surface area contributed by atoms with E-state index in [-0.39, 0.29) is 11.8 Å². The molecule has 0 aromatic rings. The number of aliphatic hydroxyl groups is 2. The maximum absolute atomic E-state index is 11.7. The second-order valence-electron chi connectivity index (χ2n) is 5.17. The second kappa shape index (κ2) is 3.91. The van der Waals surface area contributed by atoms with Gasteiger partial charge in [0.25, 0.3) is 0 Å². The molecule has 0 radical (unpaired) electrons. The summed E-state index contributed by atoms with van der Waals surface area (Å²) in [5.74, 6) is -0.339. The highest BCUT2D eigenvalue weighted by Gasteiger charge is 2.52. The quantitative estimate of drug-likeness (QED) is 0.512. The van der Waals surface area contributed by atoms with Crippen LogP contribution in [0.2, 0.25) is 0 Å². The van der Waals surface area contributed by atoms with Crippen molar-refractivity contribution in [1.29, 1.82) is 0 Å². The fourth-order valence-electron chi connectivity index (χ4n) is 2.99. The molecule has 5 atom stereocenters. The maximum atomic E-state index is 11.7. The van der Waals surface area contributed by atoms with Crippen molar-refractivity contribution in [2.75, 3.05) is 6.61 Å². The number of hydrogen-bond acceptors (Lipinski definition) is 5. The zero-order valence-corrected chi connectivity index (χ0v) is 10.1. The van der Waals surface area contributed by atoms with Gasteiger partial charge in [-0.3, -0.25) is 0 Å². The number of carbonyl (C=O) groups is 1. The molecule has 2 aliphatic heterocycles. The van der Waals surface area contributed by atoms with E-state index in [1.807, 2.05) is 12.2 Å². The third-order valence-electron chi connectivity index (χ3n) is 3.98. The lowest BCUT2D eigenvalue weighted by atomic mass is 9.81. The van der Waals surface area contributed by atoms with Crippen molar-refractivity contribution < 1.29 is 24.5 Å². The predicted molar refractivity (Wildman–Crippen MR) is 61.3 cm³/mol. The summed E-state index contributed by atoms with van der Waals surface area (Å²) in [5.41, 5.74) is -0.500. The minimum atomic E-state index is -0.834. The van der Waals surface area contributed by atoms with Crippen molar-refractivity contribution in [3.05, 3.63) is 23.8 Å². The molecule has 98 valence electrons. The summed E-state index contributed by atoms with van der Waals surface area (Å²) in [5, 5.41) is 19.0. The highest BCUT2D eigenvalue weighted by atomic mass is 16.6. The van der Waals surface area contributed by atoms with Gasteiger partial charge < -0.3 is 19.7 Å². The zero-order valence-electron chi connectivity index (χ0n) is 10.1. The van der Waals surface area contributed by atoms with Crippen molar-refractivity contribution >= 4 is 5.97 Å². The van der Waals surface area contributed by atoms with E-state index in [4.69, 9.17) is 9.47 Å². The summed E-state index contributed by atoms with van der Waals surface area (Å²) < 4.78 is 10.7. The average Bonchev–Trinajstić information content (AvgIpc) is 2.81. The van der Waals surface area contributed by atoms with Gasteiger partial charge in [-0.05, 0) is 25.0 Å². The molecule has 0 aromatic heterocycles. The van der Waals surface area contributed by atoms with Crippen LogP contribution in [0.25, 0.3) is 0 Å². The molecule has 5 heteroatoms. The Kier molecular flexibility index (Phi) is 2.59. The summed E-state index contributed by atoms with van der Waals surface area (Å²) >= 11 is 0. The van der Waals surface area contributed by atoms with E-state index in [1.165, 1.54) is 0 Å². The largest absolute Gasteiger partial charge is 0.447 e. The van der Waals surface area contributed by atoms with Crippen molar-refractivity contribution in [2.24, 2.45) is 11.8 Å². The Hall–Kier alpha value is -1.17. The Morgan fingerprint density at radius 1 is 1.56 bits per heavy atom. The molecule has 0 aromatic carbocycles. The predicted octanol–water partition coefficient (Wildman–Crippen LogP) is 0.130. The van der Waals surface area contributed by atoms with Gasteiger partial charge in [-0.2, -0.15) is 0 Å². The first-order chi connectivity index (χ1) is 8.52. The first kappa shape index (κ1) is 11.9. The molecule has 1 saturated heterocycles. The van der Waals surface area contributed by atoms with Gasteiger partial charge in [-0.1, -0.05) is 6.08 Å². The van der Waals surface area contributed by atoms with Crippen LogP contribution in [0.3, 0.4) is 0 Å². The lowest BCUT2D eigenvalue weighted by molar-refractivity contribution is -0.177. The maximum Gasteiger partial charge on any atom is 0.337 e. The van der Waals surface area contributed by atoms with E-state index in [1.54, 1.807) is 13.0 Å². The number of carbonyl (C=O) groups excluding carboxylic acids is 1. The van der Waals surface area contributed by atoms with Crippen molar-refractivity contribution in [2.45, 2.75) is 31.3 Å². The Morgan fingerprint density at radius 3 is 3.00 bits per heavy atom. The highest BCUT2D eigenvalue weighted by molar-refractivity contribution is 5.93. The first-order valence-corrected chi connectivity index (χ1v) is 6.15. The van der Waals surface area contributed by atoms with E-state index >= 15 is 0 Å². The van der Waals surface area contributed by atoms with Gasteiger partial charge >= 0.3 is 5.97 Å². The number of allylic oxidation sites excluding steroid dienone is 1. The van der Waals surface area contributed by atoms with Crippen LogP contribution in [0.1, 0.15) is 13.3 Å². The van der Waals surface area contributed by atoms with Gasteiger partial charge in [-0.15, -0.1) is 0 Å². The number of rotatable bonds is 1. The van der Waals surface area contributed by atoms with Gasteiger partial charge in [0.15, 0.2) is 11.9 Å². The zero-order chi connectivity index (χ0) is 12.9. The van der Waals surface area contributed by atoms with Crippen molar-refractivity contribution in [1.82, 2.24) is 0 Å². The molecule has 18 heavy (non-hydrogen) atoms. The van der Waals surface area contributed by atoms with Crippen LogP contribution in [0.5, 0.6) is 0 Å². The van der Waals surface area contributed by atoms with Gasteiger partial charge in [-0.25, -0.2) is 4.79 Å². The van der Waals surface area contributed by atoms with Crippen LogP contribution in [-0.2, 0) is 14.3 Å². The molecule has 3 rings (SSSR count). The van der Waals surface area contributed by atoms with Crippen molar-refractivity contribution in [3.63, 3.8) is 0 Å². The standard InChI is InChI=1S/C13H16O5/c1-7(14)9-5-13(18-12(9)16)3-2-8-4-11(15)17-6-10(8)13/h2-3,5,7-8,10-11,14-15H,4,6H2,1H3/t7-,8-,10+,11+,13-/m0/s1. The molecule has 1 fully saturated rings. The van der Waals surface area contributed by atoms with Crippen LogP contribution in [0, 0.1) is 11.8 Å². The Bertz CT molecular complexity index is 439. The molecule has 0 saturated carbocycles. The molecule has 0 unspecified atom stereocenters. The lowest BCUT2D eigenvalue weighted by Crippen LogP contribution is -2.43. The summed E-state index contributed by atoms with van der Waals surface area (Å²) in [6.07, 6.45) is 4.44. The molecule has 2 heterocycles. The van der Waals surface area contributed by atoms with E-state index in [9.17, 15) is 15.0 Å². The summed E-state index contributed by atoms with van der Waals surface area (Å²) in [7, 11) is 0. The van der Waals surface area contributed by atoms with Crippen LogP contribution in [0.4, 0.5) is 0 Å². The second-order valence-corrected chi connectivity index (χ2v) is 5.17. The topological polar surface area (TPSA) is 76.0 Å². The van der Waals surface area contributed by atoms with Gasteiger partial charge in [0.05, 0.1) is 18.3 Å². The van der Waals surface area contributed by atoms with Crippen LogP contribution in [-0.4, -0.2) is 40.8 Å². The Labute approximate surface area is 105 Å². The third kappa shape index (κ3) is 1.62. The average molecular weight is 252 g/mol. The number of fused-ring (bicyclic) bond motifs is 2. The molecular formula is C13H16O5. The number of aliphatic hydroxyl groups excluding tert-OH is 2. The molecule has 0 bridgehead atoms. The first-order valence-electron chi connectivity index (χ1n) is 6.15. The van der Waals surface area contributed by atoms with Crippen LogP contribution in [0.15, 0.2) is 23.8 Å². The smallest absolute Gasteiger partial charge is 0.337 e. The summed E-state index contributed by atoms with van der Waals surface area (Å²) in [4.78, 5) is 11.7. The highest BCUT2D eigenvalue weighted by Crippen LogP contribution is 2.46. The Morgan fingerprint density at radius 2 is 2.33 bits per heavy atom. The normalized spacial score (nSPS) is 43.8. The minimum Gasteiger partial charge on any atom is -0.447 e. The molecular weight excluding hydrogens is 236 g/mol. The molecule has 0 amide bonds. The molecule has 1 aliphatic carbocycles. The Balaban J connectivity index is 1.90. The van der Waals surface area contributed by atoms with Crippen LogP contribution >= 0.6 is 0 Å². The molecule has 2 N–H and O–H groups in total. The number of ether oxygens (including phenoxy) is 2. The fourth-order valence-corrected chi connectivity index (χ4v) is 2.99. The monoisotopic (exact) mass is 252 g/mol. The van der Waals surface area contributed by atoms with Gasteiger partial charge in [0.1, 0.15) is 0 Å². The molecule has 1 spiro atoms. The fraction of sp³-hybridized carbons (Fsp3) is 0.615. The number of esters is 1. The summed E-state index contributed by atoms with van der Waals surface area (Å²) in [6, 6.07) is 0. The van der Waals surface area contributed by atoms with E-state index in [0.29, 0.717) is 18.6 Å². The van der Waals surface area contributed by atoms with Crippen molar-refractivity contribution in [3.8, 4) is 0 Å². The molecule has 3 aliphatic rings. The third-order valence-corrected chi connectivity index (χ3v) is 3.98. The minimum absolute atomic E-state index is 0.0129.